The van der Waals surface area contributed by atoms with Gasteiger partial charge in [-0.25, -0.2) is 9.13 Å². The van der Waals surface area contributed by atoms with Gasteiger partial charge in [0.2, 0.25) is 6.33 Å². The molecule has 0 aliphatic carbocycles. The summed E-state index contributed by atoms with van der Waals surface area (Å²) < 4.78 is 20.9. The molecule has 0 aliphatic rings. The molecule has 1 aromatic carbocycles. The van der Waals surface area contributed by atoms with E-state index in [-0.39, 0.29) is 0 Å². The largest absolute Gasteiger partial charge is 0.536 e. The maximum Gasteiger partial charge on any atom is 0.536 e. The minimum Gasteiger partial charge on any atom is -0.373 e. The normalized spacial score (nSPS) is 11.8. The molecule has 0 fully saturated rings. The number of aromatic nitrogens is 2. The molecule has 0 N–H and O–H groups in total. The standard InChI is InChI=1S/C17H27N2O3Si/c1-5-6-11-18-12-13-19(15-18)14-16-7-9-17(10-8-16)23(20-2,21-3)22-4/h7-10,12-13,15H,5-6,11,14H2,1-4H3/q+1. The molecule has 0 saturated carbocycles. The lowest BCUT2D eigenvalue weighted by molar-refractivity contribution is -0.687. The lowest BCUT2D eigenvalue weighted by Gasteiger charge is -2.24. The van der Waals surface area contributed by atoms with E-state index in [1.54, 1.807) is 21.3 Å². The minimum atomic E-state index is -2.73. The Labute approximate surface area is 139 Å². The number of imidazole rings is 1. The minimum absolute atomic E-state index is 0.848. The van der Waals surface area contributed by atoms with Crippen LogP contribution in [0.25, 0.3) is 0 Å². The average molecular weight is 336 g/mol. The van der Waals surface area contributed by atoms with Gasteiger partial charge in [0.05, 0.1) is 6.54 Å². The Balaban J connectivity index is 2.06. The molecule has 0 spiro atoms. The maximum atomic E-state index is 5.51. The van der Waals surface area contributed by atoms with Gasteiger partial charge in [-0.15, -0.1) is 0 Å². The number of benzene rings is 1. The summed E-state index contributed by atoms with van der Waals surface area (Å²) in [5, 5.41) is 0.972. The molecule has 0 bridgehead atoms. The second-order valence-corrected chi connectivity index (χ2v) is 8.46. The number of hydrogen-bond donors (Lipinski definition) is 0. The van der Waals surface area contributed by atoms with E-state index in [1.807, 2.05) is 12.1 Å². The molecule has 126 valence electrons. The van der Waals surface area contributed by atoms with Crippen LogP contribution in [-0.4, -0.2) is 34.7 Å². The van der Waals surface area contributed by atoms with E-state index in [9.17, 15) is 0 Å². The second-order valence-electron chi connectivity index (χ2n) is 5.54. The fourth-order valence-corrected chi connectivity index (χ4v) is 4.42. The van der Waals surface area contributed by atoms with Gasteiger partial charge in [0, 0.05) is 26.5 Å². The predicted molar refractivity (Wildman–Crippen MR) is 91.5 cm³/mol. The van der Waals surface area contributed by atoms with Crippen molar-refractivity contribution in [3.8, 4) is 0 Å². The lowest BCUT2D eigenvalue weighted by Crippen LogP contribution is -2.54. The molecule has 6 heteroatoms. The summed E-state index contributed by atoms with van der Waals surface area (Å²) >= 11 is 0. The number of unbranched alkanes of at least 4 members (excludes halogenated alkanes) is 1. The Morgan fingerprint density at radius 3 is 2.26 bits per heavy atom. The first-order chi connectivity index (χ1) is 11.2. The first-order valence-corrected chi connectivity index (χ1v) is 9.69. The van der Waals surface area contributed by atoms with Crippen LogP contribution in [0.2, 0.25) is 0 Å². The van der Waals surface area contributed by atoms with Crippen LogP contribution < -0.4 is 9.75 Å². The number of nitrogens with zero attached hydrogens (tertiary/aromatic N) is 2. The summed E-state index contributed by atoms with van der Waals surface area (Å²) in [5.74, 6) is 0. The molecule has 0 radical (unpaired) electrons. The molecule has 1 heterocycles. The van der Waals surface area contributed by atoms with Crippen molar-refractivity contribution in [3.63, 3.8) is 0 Å². The summed E-state index contributed by atoms with van der Waals surface area (Å²) in [4.78, 5) is 0. The van der Waals surface area contributed by atoms with E-state index in [4.69, 9.17) is 13.3 Å². The highest BCUT2D eigenvalue weighted by Gasteiger charge is 2.40. The van der Waals surface area contributed by atoms with Crippen LogP contribution in [0, 0.1) is 0 Å². The van der Waals surface area contributed by atoms with E-state index >= 15 is 0 Å². The fourth-order valence-electron chi connectivity index (χ4n) is 2.63. The summed E-state index contributed by atoms with van der Waals surface area (Å²) in [6, 6.07) is 8.27. The molecule has 2 aromatic rings. The topological polar surface area (TPSA) is 36.5 Å². The number of hydrogen-bond acceptors (Lipinski definition) is 3. The van der Waals surface area contributed by atoms with Crippen LogP contribution in [0.5, 0.6) is 0 Å². The van der Waals surface area contributed by atoms with Gasteiger partial charge >= 0.3 is 8.80 Å². The first-order valence-electron chi connectivity index (χ1n) is 7.97. The Kier molecular flexibility index (Phi) is 6.53. The number of rotatable bonds is 9. The van der Waals surface area contributed by atoms with Gasteiger partial charge in [-0.05, 0) is 12.0 Å². The molecule has 2 rings (SSSR count). The van der Waals surface area contributed by atoms with E-state index < -0.39 is 8.80 Å². The van der Waals surface area contributed by atoms with Crippen molar-refractivity contribution in [2.75, 3.05) is 21.3 Å². The third kappa shape index (κ3) is 4.29. The third-order valence-corrected chi connectivity index (χ3v) is 6.65. The van der Waals surface area contributed by atoms with Gasteiger partial charge in [-0.1, -0.05) is 37.6 Å². The van der Waals surface area contributed by atoms with Crippen molar-refractivity contribution in [1.82, 2.24) is 4.57 Å². The first kappa shape index (κ1) is 17.9. The molecular weight excluding hydrogens is 308 g/mol. The highest BCUT2D eigenvalue weighted by atomic mass is 28.4. The van der Waals surface area contributed by atoms with Crippen molar-refractivity contribution >= 4 is 14.0 Å². The van der Waals surface area contributed by atoms with E-state index in [0.29, 0.717) is 0 Å². The fraction of sp³-hybridized carbons (Fsp3) is 0.471. The Bertz CT molecular complexity index is 586. The monoisotopic (exact) mass is 335 g/mol. The van der Waals surface area contributed by atoms with Gasteiger partial charge in [0.25, 0.3) is 0 Å². The van der Waals surface area contributed by atoms with E-state index in [2.05, 4.69) is 46.9 Å². The van der Waals surface area contributed by atoms with E-state index in [1.165, 1.54) is 18.4 Å². The van der Waals surface area contributed by atoms with Crippen molar-refractivity contribution < 1.29 is 17.8 Å². The van der Waals surface area contributed by atoms with Gasteiger partial charge in [0.15, 0.2) is 0 Å². The molecule has 0 aliphatic heterocycles. The van der Waals surface area contributed by atoms with Crippen LogP contribution in [0.3, 0.4) is 0 Å². The molecule has 0 atom stereocenters. The van der Waals surface area contributed by atoms with Crippen LogP contribution in [0.1, 0.15) is 25.3 Å². The molecule has 0 saturated heterocycles. The van der Waals surface area contributed by atoms with Gasteiger partial charge in [-0.2, -0.15) is 0 Å². The molecule has 0 amide bonds. The van der Waals surface area contributed by atoms with Crippen LogP contribution in [-0.2, 0) is 26.4 Å². The van der Waals surface area contributed by atoms with Crippen molar-refractivity contribution in [2.24, 2.45) is 0 Å². The second kappa shape index (κ2) is 8.40. The quantitative estimate of drug-likeness (QED) is 0.517. The Morgan fingerprint density at radius 1 is 1.04 bits per heavy atom. The molecule has 5 nitrogen and oxygen atoms in total. The zero-order valence-corrected chi connectivity index (χ0v) is 15.5. The average Bonchev–Trinajstić information content (AvgIpc) is 3.04. The molecular formula is C17H27N2O3Si+. The molecule has 23 heavy (non-hydrogen) atoms. The van der Waals surface area contributed by atoms with Crippen molar-refractivity contribution in [1.29, 1.82) is 0 Å². The molecule has 1 aromatic heterocycles. The van der Waals surface area contributed by atoms with E-state index in [0.717, 1.165) is 18.3 Å². The zero-order chi connectivity index (χ0) is 16.7. The van der Waals surface area contributed by atoms with Crippen LogP contribution in [0.15, 0.2) is 43.0 Å². The lowest BCUT2D eigenvalue weighted by atomic mass is 10.2. The zero-order valence-electron chi connectivity index (χ0n) is 14.5. The van der Waals surface area contributed by atoms with Crippen LogP contribution in [0.4, 0.5) is 0 Å². The molecule has 0 unspecified atom stereocenters. The van der Waals surface area contributed by atoms with Crippen molar-refractivity contribution in [3.05, 3.63) is 48.5 Å². The highest BCUT2D eigenvalue weighted by Crippen LogP contribution is 2.08. The number of aryl methyl sites for hydroxylation is 1. The Morgan fingerprint density at radius 2 is 1.70 bits per heavy atom. The van der Waals surface area contributed by atoms with Crippen LogP contribution >= 0.6 is 0 Å². The maximum absolute atomic E-state index is 5.51. The summed E-state index contributed by atoms with van der Waals surface area (Å²) in [5.41, 5.74) is 1.23. The third-order valence-electron chi connectivity index (χ3n) is 3.99. The summed E-state index contributed by atoms with van der Waals surface area (Å²) in [7, 11) is 2.15. The SMILES string of the molecule is CCCCn1cc[n+](Cc2ccc([Si](OC)(OC)OC)cc2)c1. The van der Waals surface area contributed by atoms with Gasteiger partial charge < -0.3 is 13.3 Å². The summed E-state index contributed by atoms with van der Waals surface area (Å²) in [6.45, 7) is 4.13. The van der Waals surface area contributed by atoms with Gasteiger partial charge in [0.1, 0.15) is 18.9 Å². The predicted octanol–water partition coefficient (Wildman–Crippen LogP) is 1.71. The Hall–Kier alpha value is -1.47. The van der Waals surface area contributed by atoms with Crippen molar-refractivity contribution in [2.45, 2.75) is 32.9 Å². The van der Waals surface area contributed by atoms with Gasteiger partial charge in [-0.3, -0.25) is 0 Å². The highest BCUT2D eigenvalue weighted by molar-refractivity contribution is 6.75. The smallest absolute Gasteiger partial charge is 0.373 e. The summed E-state index contributed by atoms with van der Waals surface area (Å²) in [6.07, 6.45) is 8.82.